The number of benzene rings is 3. The summed E-state index contributed by atoms with van der Waals surface area (Å²) in [6.45, 7) is 0.753. The highest BCUT2D eigenvalue weighted by Crippen LogP contribution is 2.12. The molecule has 30 heavy (non-hydrogen) atoms. The first-order valence-corrected chi connectivity index (χ1v) is 11.5. The van der Waals surface area contributed by atoms with Crippen LogP contribution in [0.15, 0.2) is 91.0 Å². The predicted octanol–water partition coefficient (Wildman–Crippen LogP) is 3.49. The summed E-state index contributed by atoms with van der Waals surface area (Å²) >= 11 is 0. The molecule has 0 saturated heterocycles. The highest BCUT2D eigenvalue weighted by Gasteiger charge is 2.22. The van der Waals surface area contributed by atoms with Crippen LogP contribution in [0.1, 0.15) is 21.5 Å². The van der Waals surface area contributed by atoms with Gasteiger partial charge in [-0.1, -0.05) is 78.9 Å². The van der Waals surface area contributed by atoms with Crippen molar-refractivity contribution >= 4 is 15.9 Å². The molecule has 0 fully saturated rings. The second-order valence-electron chi connectivity index (χ2n) is 6.99. The molecule has 3 rings (SSSR count). The number of rotatable bonds is 10. The maximum absolute atomic E-state index is 13.0. The van der Waals surface area contributed by atoms with Crippen LogP contribution in [0, 0.1) is 0 Å². The van der Waals surface area contributed by atoms with Crippen molar-refractivity contribution in [3.05, 3.63) is 108 Å². The standard InChI is InChI=1S/C24H26N2O3S/c27-24(23-14-8-3-9-15-23)25-17-19-30(28,29)26(20-22-12-6-2-7-13-22)18-16-21-10-4-1-5-11-21/h1-15H,16-20H2,(H,25,27). The zero-order chi connectivity index (χ0) is 21.2. The van der Waals surface area contributed by atoms with E-state index in [0.717, 1.165) is 11.1 Å². The van der Waals surface area contributed by atoms with Gasteiger partial charge in [-0.2, -0.15) is 4.31 Å². The van der Waals surface area contributed by atoms with Crippen LogP contribution < -0.4 is 5.32 Å². The quantitative estimate of drug-likeness (QED) is 0.544. The van der Waals surface area contributed by atoms with Gasteiger partial charge >= 0.3 is 0 Å². The van der Waals surface area contributed by atoms with Crippen LogP contribution in [0.25, 0.3) is 0 Å². The molecule has 0 aliphatic rings. The minimum Gasteiger partial charge on any atom is -0.351 e. The summed E-state index contributed by atoms with van der Waals surface area (Å²) in [4.78, 5) is 12.2. The Labute approximate surface area is 178 Å². The molecule has 0 spiro atoms. The molecular formula is C24H26N2O3S. The molecule has 0 saturated carbocycles. The average molecular weight is 423 g/mol. The van der Waals surface area contributed by atoms with Crippen LogP contribution in [0.3, 0.4) is 0 Å². The summed E-state index contributed by atoms with van der Waals surface area (Å²) in [7, 11) is -3.55. The first kappa shape index (κ1) is 21.7. The van der Waals surface area contributed by atoms with Gasteiger partial charge in [-0.15, -0.1) is 0 Å². The molecule has 0 aliphatic heterocycles. The number of nitrogens with zero attached hydrogens (tertiary/aromatic N) is 1. The van der Waals surface area contributed by atoms with Crippen LogP contribution in [0.2, 0.25) is 0 Å². The Morgan fingerprint density at radius 1 is 0.767 bits per heavy atom. The lowest BCUT2D eigenvalue weighted by atomic mass is 10.1. The number of amides is 1. The number of hydrogen-bond donors (Lipinski definition) is 1. The number of carbonyl (C=O) groups is 1. The monoisotopic (exact) mass is 422 g/mol. The van der Waals surface area contributed by atoms with E-state index in [1.54, 1.807) is 24.3 Å². The first-order valence-electron chi connectivity index (χ1n) is 9.93. The van der Waals surface area contributed by atoms with Crippen molar-refractivity contribution in [1.82, 2.24) is 9.62 Å². The maximum atomic E-state index is 13.0. The Morgan fingerprint density at radius 2 is 1.30 bits per heavy atom. The molecule has 3 aromatic rings. The molecule has 0 atom stereocenters. The van der Waals surface area contributed by atoms with Crippen molar-refractivity contribution in [3.63, 3.8) is 0 Å². The molecule has 0 bridgehead atoms. The number of hydrogen-bond acceptors (Lipinski definition) is 3. The minimum atomic E-state index is -3.55. The third kappa shape index (κ3) is 6.54. The van der Waals surface area contributed by atoms with Crippen molar-refractivity contribution < 1.29 is 13.2 Å². The molecule has 3 aromatic carbocycles. The normalized spacial score (nSPS) is 11.4. The second kappa shape index (κ2) is 10.7. The predicted molar refractivity (Wildman–Crippen MR) is 120 cm³/mol. The van der Waals surface area contributed by atoms with Crippen molar-refractivity contribution in [1.29, 1.82) is 0 Å². The Hall–Kier alpha value is -2.96. The van der Waals surface area contributed by atoms with E-state index in [9.17, 15) is 13.2 Å². The number of sulfonamides is 1. The third-order valence-electron chi connectivity index (χ3n) is 4.77. The molecule has 1 amide bonds. The van der Waals surface area contributed by atoms with Crippen molar-refractivity contribution in [2.24, 2.45) is 0 Å². The van der Waals surface area contributed by atoms with Gasteiger partial charge in [-0.25, -0.2) is 8.42 Å². The van der Waals surface area contributed by atoms with Crippen LogP contribution in [-0.4, -0.2) is 37.5 Å². The van der Waals surface area contributed by atoms with Gasteiger partial charge in [-0.3, -0.25) is 4.79 Å². The van der Waals surface area contributed by atoms with Gasteiger partial charge in [0.1, 0.15) is 0 Å². The minimum absolute atomic E-state index is 0.0622. The smallest absolute Gasteiger partial charge is 0.251 e. The van der Waals surface area contributed by atoms with Gasteiger partial charge in [0, 0.05) is 25.2 Å². The van der Waals surface area contributed by atoms with Crippen molar-refractivity contribution in [2.45, 2.75) is 13.0 Å². The summed E-state index contributed by atoms with van der Waals surface area (Å²) in [6.07, 6.45) is 0.628. The lowest BCUT2D eigenvalue weighted by Crippen LogP contribution is -2.38. The van der Waals surface area contributed by atoms with E-state index in [2.05, 4.69) is 5.32 Å². The highest BCUT2D eigenvalue weighted by atomic mass is 32.2. The summed E-state index contributed by atoms with van der Waals surface area (Å²) in [5, 5.41) is 2.70. The fraction of sp³-hybridized carbons (Fsp3) is 0.208. The van der Waals surface area contributed by atoms with Gasteiger partial charge in [0.2, 0.25) is 10.0 Å². The van der Waals surface area contributed by atoms with E-state index in [0.29, 0.717) is 25.1 Å². The third-order valence-corrected chi connectivity index (χ3v) is 6.59. The molecule has 5 nitrogen and oxygen atoms in total. The highest BCUT2D eigenvalue weighted by molar-refractivity contribution is 7.89. The van der Waals surface area contributed by atoms with Crippen LogP contribution in [0.4, 0.5) is 0 Å². The zero-order valence-corrected chi connectivity index (χ0v) is 17.6. The van der Waals surface area contributed by atoms with Gasteiger partial charge in [0.05, 0.1) is 5.75 Å². The van der Waals surface area contributed by atoms with Gasteiger partial charge in [-0.05, 0) is 29.7 Å². The van der Waals surface area contributed by atoms with E-state index in [-0.39, 0.29) is 18.2 Å². The van der Waals surface area contributed by atoms with Crippen molar-refractivity contribution in [2.75, 3.05) is 18.8 Å². The number of nitrogens with one attached hydrogen (secondary N) is 1. The zero-order valence-electron chi connectivity index (χ0n) is 16.8. The topological polar surface area (TPSA) is 66.5 Å². The van der Waals surface area contributed by atoms with Crippen molar-refractivity contribution in [3.8, 4) is 0 Å². The van der Waals surface area contributed by atoms with E-state index in [1.807, 2.05) is 66.7 Å². The Kier molecular flexibility index (Phi) is 7.76. The van der Waals surface area contributed by atoms with E-state index in [1.165, 1.54) is 4.31 Å². The average Bonchev–Trinajstić information content (AvgIpc) is 2.78. The molecule has 0 unspecified atom stereocenters. The molecule has 0 heterocycles. The Balaban J connectivity index is 1.64. The van der Waals surface area contributed by atoms with Crippen LogP contribution in [0.5, 0.6) is 0 Å². The maximum Gasteiger partial charge on any atom is 0.251 e. The molecule has 156 valence electrons. The Morgan fingerprint density at radius 3 is 1.90 bits per heavy atom. The summed E-state index contributed by atoms with van der Waals surface area (Å²) in [5.41, 5.74) is 2.53. The van der Waals surface area contributed by atoms with Gasteiger partial charge < -0.3 is 5.32 Å². The molecule has 0 aliphatic carbocycles. The molecular weight excluding hydrogens is 396 g/mol. The largest absolute Gasteiger partial charge is 0.351 e. The van der Waals surface area contributed by atoms with E-state index < -0.39 is 10.0 Å². The summed E-state index contributed by atoms with van der Waals surface area (Å²) in [6, 6.07) is 28.2. The number of carbonyl (C=O) groups excluding carboxylic acids is 1. The molecule has 6 heteroatoms. The fourth-order valence-corrected chi connectivity index (χ4v) is 4.45. The van der Waals surface area contributed by atoms with E-state index >= 15 is 0 Å². The van der Waals surface area contributed by atoms with Crippen LogP contribution >= 0.6 is 0 Å². The molecule has 1 N–H and O–H groups in total. The van der Waals surface area contributed by atoms with Gasteiger partial charge in [0.25, 0.3) is 5.91 Å². The molecule has 0 aromatic heterocycles. The lowest BCUT2D eigenvalue weighted by molar-refractivity contribution is 0.0956. The summed E-state index contributed by atoms with van der Waals surface area (Å²) < 4.78 is 27.6. The lowest BCUT2D eigenvalue weighted by Gasteiger charge is -2.22. The molecule has 0 radical (unpaired) electrons. The van der Waals surface area contributed by atoms with Gasteiger partial charge in [0.15, 0.2) is 0 Å². The van der Waals surface area contributed by atoms with E-state index in [4.69, 9.17) is 0 Å². The van der Waals surface area contributed by atoms with Crippen LogP contribution in [-0.2, 0) is 23.0 Å². The fourth-order valence-electron chi connectivity index (χ4n) is 3.12. The SMILES string of the molecule is O=C(NCCS(=O)(=O)N(CCc1ccccc1)Cc1ccccc1)c1ccccc1. The Bertz CT molecular complexity index is 1020. The first-order chi connectivity index (χ1) is 14.5. The summed E-state index contributed by atoms with van der Waals surface area (Å²) in [5.74, 6) is -0.419. The second-order valence-corrected chi connectivity index (χ2v) is 9.08.